The number of piperidine rings is 1. The lowest BCUT2D eigenvalue weighted by Crippen LogP contribution is -2.41. The average molecular weight is 289 g/mol. The summed E-state index contributed by atoms with van der Waals surface area (Å²) >= 11 is 1.26. The Bertz CT molecular complexity index is 492. The van der Waals surface area contributed by atoms with Crippen LogP contribution in [0.25, 0.3) is 0 Å². The van der Waals surface area contributed by atoms with Crippen LogP contribution in [0.2, 0.25) is 0 Å². The fourth-order valence-corrected chi connectivity index (χ4v) is 3.98. The van der Waals surface area contributed by atoms with E-state index in [0.29, 0.717) is 18.1 Å². The van der Waals surface area contributed by atoms with Crippen LogP contribution in [-0.4, -0.2) is 43.4 Å². The number of thiazole rings is 1. The first kappa shape index (κ1) is 13.4. The van der Waals surface area contributed by atoms with Crippen molar-refractivity contribution in [3.8, 4) is 0 Å². The first-order chi connectivity index (χ1) is 8.58. The lowest BCUT2D eigenvalue weighted by atomic mass is 10.2. The summed E-state index contributed by atoms with van der Waals surface area (Å²) in [5.41, 5.74) is 0. The molecule has 6 nitrogen and oxygen atoms in total. The summed E-state index contributed by atoms with van der Waals surface area (Å²) < 4.78 is 24.0. The maximum absolute atomic E-state index is 12.0. The van der Waals surface area contributed by atoms with Crippen molar-refractivity contribution >= 4 is 32.2 Å². The number of aromatic nitrogens is 1. The standard InChI is InChI=1S/C10H15N3O3S2/c14-9(13-10-12-4-5-17-10)7-18(15,16)8-2-1-3-11-6-8/h4-5,8,11H,1-3,6-7H2,(H,12,13,14). The first-order valence-electron chi connectivity index (χ1n) is 5.69. The zero-order valence-corrected chi connectivity index (χ0v) is 11.4. The van der Waals surface area contributed by atoms with Crippen molar-refractivity contribution in [2.45, 2.75) is 18.1 Å². The van der Waals surface area contributed by atoms with Gasteiger partial charge < -0.3 is 10.6 Å². The molecule has 1 unspecified atom stereocenters. The van der Waals surface area contributed by atoms with E-state index < -0.39 is 26.7 Å². The van der Waals surface area contributed by atoms with Gasteiger partial charge in [0.1, 0.15) is 5.75 Å². The van der Waals surface area contributed by atoms with Crippen molar-refractivity contribution in [1.82, 2.24) is 10.3 Å². The van der Waals surface area contributed by atoms with Crippen LogP contribution >= 0.6 is 11.3 Å². The third kappa shape index (κ3) is 3.50. The highest BCUT2D eigenvalue weighted by Gasteiger charge is 2.29. The third-order valence-electron chi connectivity index (χ3n) is 2.77. The van der Waals surface area contributed by atoms with Gasteiger partial charge in [-0.25, -0.2) is 13.4 Å². The van der Waals surface area contributed by atoms with Crippen LogP contribution in [0.15, 0.2) is 11.6 Å². The van der Waals surface area contributed by atoms with Gasteiger partial charge in [0.05, 0.1) is 5.25 Å². The zero-order valence-electron chi connectivity index (χ0n) is 9.76. The van der Waals surface area contributed by atoms with E-state index in [4.69, 9.17) is 0 Å². The Morgan fingerprint density at radius 1 is 1.61 bits per heavy atom. The fourth-order valence-electron chi connectivity index (χ4n) is 1.87. The molecule has 0 radical (unpaired) electrons. The number of nitrogens with zero attached hydrogens (tertiary/aromatic N) is 1. The normalized spacial score (nSPS) is 20.6. The van der Waals surface area contributed by atoms with Gasteiger partial charge in [0, 0.05) is 18.1 Å². The second-order valence-corrected chi connectivity index (χ2v) is 7.34. The van der Waals surface area contributed by atoms with Gasteiger partial charge in [0.15, 0.2) is 15.0 Å². The van der Waals surface area contributed by atoms with Gasteiger partial charge in [-0.3, -0.25) is 4.79 Å². The molecular weight excluding hydrogens is 274 g/mol. The molecule has 18 heavy (non-hydrogen) atoms. The number of hydrogen-bond acceptors (Lipinski definition) is 6. The number of carbonyl (C=O) groups excluding carboxylic acids is 1. The van der Waals surface area contributed by atoms with Gasteiger partial charge in [0.25, 0.3) is 0 Å². The van der Waals surface area contributed by atoms with Gasteiger partial charge in [-0.15, -0.1) is 11.3 Å². The molecule has 0 aromatic carbocycles. The number of amides is 1. The first-order valence-corrected chi connectivity index (χ1v) is 8.29. The highest BCUT2D eigenvalue weighted by atomic mass is 32.2. The van der Waals surface area contributed by atoms with E-state index in [9.17, 15) is 13.2 Å². The Hall–Kier alpha value is -0.990. The summed E-state index contributed by atoms with van der Waals surface area (Å²) in [4.78, 5) is 15.5. The van der Waals surface area contributed by atoms with Gasteiger partial charge >= 0.3 is 0 Å². The number of hydrogen-bond donors (Lipinski definition) is 2. The molecule has 0 aliphatic carbocycles. The number of carbonyl (C=O) groups is 1. The molecule has 1 saturated heterocycles. The van der Waals surface area contributed by atoms with Crippen molar-refractivity contribution < 1.29 is 13.2 Å². The molecule has 1 aromatic heterocycles. The van der Waals surface area contributed by atoms with Crippen LogP contribution in [0.4, 0.5) is 5.13 Å². The average Bonchev–Trinajstić information content (AvgIpc) is 2.82. The molecule has 100 valence electrons. The molecule has 1 aliphatic rings. The Balaban J connectivity index is 1.93. The van der Waals surface area contributed by atoms with Crippen LogP contribution < -0.4 is 10.6 Å². The summed E-state index contributed by atoms with van der Waals surface area (Å²) in [6.07, 6.45) is 3.01. The SMILES string of the molecule is O=C(CS(=O)(=O)C1CCCNC1)Nc1nccs1. The largest absolute Gasteiger partial charge is 0.315 e. The summed E-state index contributed by atoms with van der Waals surface area (Å²) in [5.74, 6) is -0.991. The van der Waals surface area contributed by atoms with E-state index in [1.807, 2.05) is 0 Å². The van der Waals surface area contributed by atoms with Gasteiger partial charge in [-0.2, -0.15) is 0 Å². The van der Waals surface area contributed by atoms with Crippen molar-refractivity contribution in [2.75, 3.05) is 24.2 Å². The summed E-state index contributed by atoms with van der Waals surface area (Å²) in [5, 5.41) is 7.22. The molecule has 2 rings (SSSR count). The predicted octanol–water partition coefficient (Wildman–Crippen LogP) is 0.248. The van der Waals surface area contributed by atoms with Gasteiger partial charge in [-0.1, -0.05) is 0 Å². The lowest BCUT2D eigenvalue weighted by Gasteiger charge is -2.22. The van der Waals surface area contributed by atoms with E-state index in [-0.39, 0.29) is 0 Å². The zero-order chi connectivity index (χ0) is 13.0. The van der Waals surface area contributed by atoms with Gasteiger partial charge in [0.2, 0.25) is 5.91 Å². The number of sulfone groups is 1. The van der Waals surface area contributed by atoms with E-state index in [1.54, 1.807) is 11.6 Å². The molecule has 8 heteroatoms. The number of anilines is 1. The van der Waals surface area contributed by atoms with Crippen molar-refractivity contribution in [1.29, 1.82) is 0 Å². The Morgan fingerprint density at radius 2 is 2.44 bits per heavy atom. The second kappa shape index (κ2) is 5.77. The third-order valence-corrected chi connectivity index (χ3v) is 5.54. The number of rotatable bonds is 4. The molecule has 2 N–H and O–H groups in total. The second-order valence-electron chi connectivity index (χ2n) is 4.16. The topological polar surface area (TPSA) is 88.2 Å². The van der Waals surface area contributed by atoms with Crippen LogP contribution in [0, 0.1) is 0 Å². The highest BCUT2D eigenvalue weighted by Crippen LogP contribution is 2.14. The quantitative estimate of drug-likeness (QED) is 0.829. The Labute approximate surface area is 110 Å². The summed E-state index contributed by atoms with van der Waals surface area (Å²) in [7, 11) is -3.38. The highest BCUT2D eigenvalue weighted by molar-refractivity contribution is 7.92. The van der Waals surface area contributed by atoms with Crippen molar-refractivity contribution in [2.24, 2.45) is 0 Å². The van der Waals surface area contributed by atoms with Crippen LogP contribution in [-0.2, 0) is 14.6 Å². The molecule has 0 spiro atoms. The fraction of sp³-hybridized carbons (Fsp3) is 0.600. The molecule has 1 atom stereocenters. The minimum atomic E-state index is -3.38. The monoisotopic (exact) mass is 289 g/mol. The minimum absolute atomic E-state index is 0.428. The molecular formula is C10H15N3O3S2. The van der Waals surface area contributed by atoms with E-state index >= 15 is 0 Å². The van der Waals surface area contributed by atoms with Crippen molar-refractivity contribution in [3.63, 3.8) is 0 Å². The minimum Gasteiger partial charge on any atom is -0.315 e. The maximum atomic E-state index is 12.0. The molecule has 1 amide bonds. The van der Waals surface area contributed by atoms with Crippen LogP contribution in [0.1, 0.15) is 12.8 Å². The van der Waals surface area contributed by atoms with Crippen LogP contribution in [0.3, 0.4) is 0 Å². The summed E-state index contributed by atoms with van der Waals surface area (Å²) in [6, 6.07) is 0. The molecule has 0 saturated carbocycles. The van der Waals surface area contributed by atoms with E-state index in [0.717, 1.165) is 13.0 Å². The van der Waals surface area contributed by atoms with Gasteiger partial charge in [-0.05, 0) is 19.4 Å². The molecule has 0 bridgehead atoms. The maximum Gasteiger partial charge on any atom is 0.241 e. The Kier molecular flexibility index (Phi) is 4.31. The molecule has 1 aliphatic heterocycles. The summed E-state index contributed by atoms with van der Waals surface area (Å²) in [6.45, 7) is 1.28. The molecule has 1 fully saturated rings. The smallest absolute Gasteiger partial charge is 0.241 e. The molecule has 2 heterocycles. The molecule has 1 aromatic rings. The van der Waals surface area contributed by atoms with E-state index in [1.165, 1.54) is 11.3 Å². The predicted molar refractivity (Wildman–Crippen MR) is 70.4 cm³/mol. The number of nitrogens with one attached hydrogen (secondary N) is 2. The Morgan fingerprint density at radius 3 is 3.06 bits per heavy atom. The lowest BCUT2D eigenvalue weighted by molar-refractivity contribution is -0.113. The van der Waals surface area contributed by atoms with Crippen molar-refractivity contribution in [3.05, 3.63) is 11.6 Å². The van der Waals surface area contributed by atoms with E-state index in [2.05, 4.69) is 15.6 Å². The van der Waals surface area contributed by atoms with Crippen LogP contribution in [0.5, 0.6) is 0 Å².